The van der Waals surface area contributed by atoms with Crippen molar-refractivity contribution in [3.05, 3.63) is 11.6 Å². The Bertz CT molecular complexity index is 762. The lowest BCUT2D eigenvalue weighted by atomic mass is 10.1. The zero-order valence-electron chi connectivity index (χ0n) is 19.8. The van der Waals surface area contributed by atoms with Crippen LogP contribution in [0.3, 0.4) is 0 Å². The highest BCUT2D eigenvalue weighted by Gasteiger charge is 2.24. The maximum Gasteiger partial charge on any atom is 0.236 e. The highest BCUT2D eigenvalue weighted by Crippen LogP contribution is 2.15. The highest BCUT2D eigenvalue weighted by atomic mass is 16.2. The van der Waals surface area contributed by atoms with Gasteiger partial charge in [-0.1, -0.05) is 6.42 Å². The second-order valence-corrected chi connectivity index (χ2v) is 9.28. The normalized spacial score (nSPS) is 20.7. The summed E-state index contributed by atoms with van der Waals surface area (Å²) in [6.07, 6.45) is 10.4. The second-order valence-electron chi connectivity index (χ2n) is 9.28. The van der Waals surface area contributed by atoms with E-state index in [-0.39, 0.29) is 0 Å². The Balaban J connectivity index is 1.16. The summed E-state index contributed by atoms with van der Waals surface area (Å²) in [6, 6.07) is 0. The molecule has 0 bridgehead atoms. The number of aryl methyl sites for hydroxylation is 2. The molecule has 2 saturated heterocycles. The Morgan fingerprint density at radius 1 is 0.906 bits per heavy atom. The van der Waals surface area contributed by atoms with Gasteiger partial charge in [0.1, 0.15) is 11.6 Å². The Kier molecular flexibility index (Phi) is 8.36. The van der Waals surface area contributed by atoms with Crippen LogP contribution in [-0.4, -0.2) is 101 Å². The van der Waals surface area contributed by atoms with Crippen LogP contribution in [0.5, 0.6) is 0 Å². The summed E-state index contributed by atoms with van der Waals surface area (Å²) in [4.78, 5) is 23.7. The number of carbonyl (C=O) groups is 1. The number of carbonyl (C=O) groups excluding carboxylic acids is 1. The molecule has 1 aromatic rings. The van der Waals surface area contributed by atoms with E-state index in [0.29, 0.717) is 12.5 Å². The van der Waals surface area contributed by atoms with Crippen molar-refractivity contribution in [1.82, 2.24) is 34.8 Å². The number of fused-ring (bicyclic) bond motifs is 1. The van der Waals surface area contributed by atoms with Crippen molar-refractivity contribution in [2.24, 2.45) is 4.99 Å². The molecule has 0 unspecified atom stereocenters. The van der Waals surface area contributed by atoms with E-state index in [9.17, 15) is 4.79 Å². The maximum atomic E-state index is 12.5. The van der Waals surface area contributed by atoms with Gasteiger partial charge in [0.05, 0.1) is 6.54 Å². The fourth-order valence-electron chi connectivity index (χ4n) is 5.06. The summed E-state index contributed by atoms with van der Waals surface area (Å²) in [7, 11) is 1.85. The van der Waals surface area contributed by atoms with Crippen molar-refractivity contribution in [1.29, 1.82) is 0 Å². The number of likely N-dealkylation sites (tertiary alicyclic amines) is 1. The molecular formula is C23H40N8O. The summed E-state index contributed by atoms with van der Waals surface area (Å²) >= 11 is 0. The van der Waals surface area contributed by atoms with Gasteiger partial charge in [-0.05, 0) is 38.5 Å². The van der Waals surface area contributed by atoms with E-state index < -0.39 is 0 Å². The predicted molar refractivity (Wildman–Crippen MR) is 126 cm³/mol. The van der Waals surface area contributed by atoms with Crippen molar-refractivity contribution in [2.45, 2.75) is 64.3 Å². The molecule has 3 aliphatic heterocycles. The van der Waals surface area contributed by atoms with Crippen LogP contribution < -0.4 is 5.32 Å². The van der Waals surface area contributed by atoms with Gasteiger partial charge in [0.2, 0.25) is 5.91 Å². The number of nitrogens with one attached hydrogen (secondary N) is 1. The molecule has 178 valence electrons. The minimum Gasteiger partial charge on any atom is -0.356 e. The van der Waals surface area contributed by atoms with Crippen LogP contribution in [0.1, 0.15) is 56.6 Å². The molecule has 0 aromatic carbocycles. The summed E-state index contributed by atoms with van der Waals surface area (Å²) in [5.41, 5.74) is 0. The van der Waals surface area contributed by atoms with Crippen LogP contribution in [-0.2, 0) is 24.2 Å². The number of aliphatic imine (C=N–C) groups is 1. The molecule has 1 amide bonds. The summed E-state index contributed by atoms with van der Waals surface area (Å²) in [5, 5.41) is 12.4. The molecule has 2 fully saturated rings. The maximum absolute atomic E-state index is 12.5. The van der Waals surface area contributed by atoms with E-state index in [4.69, 9.17) is 0 Å². The van der Waals surface area contributed by atoms with E-state index in [0.717, 1.165) is 102 Å². The van der Waals surface area contributed by atoms with Crippen LogP contribution in [0.25, 0.3) is 0 Å². The third kappa shape index (κ3) is 5.99. The molecule has 0 saturated carbocycles. The zero-order chi connectivity index (χ0) is 22.2. The standard InChI is InChI=1S/C23H40N8O/c1-24-23(25-11-8-10-21-27-26-20-9-4-2-7-14-31(20)21)30-17-15-28(16-18-30)19-22(32)29-12-5-3-6-13-29/h2-19H2,1H3,(H,24,25). The van der Waals surface area contributed by atoms with Gasteiger partial charge in [0, 0.05) is 72.2 Å². The molecule has 0 radical (unpaired) electrons. The van der Waals surface area contributed by atoms with Crippen LogP contribution in [0.4, 0.5) is 0 Å². The molecule has 32 heavy (non-hydrogen) atoms. The number of rotatable bonds is 6. The number of nitrogens with zero attached hydrogens (tertiary/aromatic N) is 7. The van der Waals surface area contributed by atoms with Crippen LogP contribution in [0.2, 0.25) is 0 Å². The van der Waals surface area contributed by atoms with E-state index >= 15 is 0 Å². The van der Waals surface area contributed by atoms with E-state index in [1.54, 1.807) is 0 Å². The van der Waals surface area contributed by atoms with Gasteiger partial charge in [-0.25, -0.2) is 0 Å². The molecule has 4 heterocycles. The lowest BCUT2D eigenvalue weighted by Crippen LogP contribution is -2.54. The lowest BCUT2D eigenvalue weighted by Gasteiger charge is -2.37. The topological polar surface area (TPSA) is 81.9 Å². The Morgan fingerprint density at radius 2 is 1.66 bits per heavy atom. The lowest BCUT2D eigenvalue weighted by molar-refractivity contribution is -0.133. The number of amides is 1. The second kappa shape index (κ2) is 11.6. The van der Waals surface area contributed by atoms with Gasteiger partial charge in [-0.3, -0.25) is 14.7 Å². The van der Waals surface area contributed by atoms with Crippen LogP contribution in [0.15, 0.2) is 4.99 Å². The van der Waals surface area contributed by atoms with E-state index in [1.807, 2.05) is 11.9 Å². The SMILES string of the molecule is CN=C(NCCCc1nnc2n1CCCCC2)N1CCN(CC(=O)N2CCCCC2)CC1. The molecule has 9 nitrogen and oxygen atoms in total. The first kappa shape index (κ1) is 23.0. The molecular weight excluding hydrogens is 404 g/mol. The van der Waals surface area contributed by atoms with E-state index in [2.05, 4.69) is 34.9 Å². The summed E-state index contributed by atoms with van der Waals surface area (Å²) < 4.78 is 2.34. The first-order valence-corrected chi connectivity index (χ1v) is 12.6. The van der Waals surface area contributed by atoms with Crippen LogP contribution in [0, 0.1) is 0 Å². The smallest absolute Gasteiger partial charge is 0.236 e. The molecule has 0 aliphatic carbocycles. The number of piperidine rings is 1. The summed E-state index contributed by atoms with van der Waals surface area (Å²) in [6.45, 7) is 8.01. The molecule has 1 N–H and O–H groups in total. The fourth-order valence-corrected chi connectivity index (χ4v) is 5.06. The van der Waals surface area contributed by atoms with Crippen molar-refractivity contribution < 1.29 is 4.79 Å². The zero-order valence-corrected chi connectivity index (χ0v) is 19.8. The monoisotopic (exact) mass is 444 g/mol. The molecule has 3 aliphatic rings. The van der Waals surface area contributed by atoms with Gasteiger partial charge in [0.15, 0.2) is 5.96 Å². The number of aromatic nitrogens is 3. The predicted octanol–water partition coefficient (Wildman–Crippen LogP) is 1.14. The first-order chi connectivity index (χ1) is 15.7. The van der Waals surface area contributed by atoms with Gasteiger partial charge >= 0.3 is 0 Å². The van der Waals surface area contributed by atoms with Gasteiger partial charge in [-0.15, -0.1) is 10.2 Å². The summed E-state index contributed by atoms with van der Waals surface area (Å²) in [5.74, 6) is 3.56. The molecule has 0 atom stereocenters. The van der Waals surface area contributed by atoms with E-state index in [1.165, 1.54) is 25.7 Å². The number of hydrogen-bond donors (Lipinski definition) is 1. The third-order valence-corrected chi connectivity index (χ3v) is 7.00. The van der Waals surface area contributed by atoms with Gasteiger partial charge in [-0.2, -0.15) is 0 Å². The molecule has 0 spiro atoms. The first-order valence-electron chi connectivity index (χ1n) is 12.6. The van der Waals surface area contributed by atoms with Crippen LogP contribution >= 0.6 is 0 Å². The fraction of sp³-hybridized carbons (Fsp3) is 0.826. The number of guanidine groups is 1. The van der Waals surface area contributed by atoms with Gasteiger partial charge < -0.3 is 19.7 Å². The number of hydrogen-bond acceptors (Lipinski definition) is 5. The molecule has 4 rings (SSSR count). The van der Waals surface area contributed by atoms with Crippen molar-refractivity contribution in [2.75, 3.05) is 59.4 Å². The third-order valence-electron chi connectivity index (χ3n) is 7.00. The molecule has 1 aromatic heterocycles. The number of piperazine rings is 1. The quantitative estimate of drug-likeness (QED) is 0.403. The minimum atomic E-state index is 0.298. The van der Waals surface area contributed by atoms with Crippen molar-refractivity contribution in [3.8, 4) is 0 Å². The van der Waals surface area contributed by atoms with Gasteiger partial charge in [0.25, 0.3) is 0 Å². The largest absolute Gasteiger partial charge is 0.356 e. The molecule has 9 heteroatoms. The Morgan fingerprint density at radius 3 is 2.44 bits per heavy atom. The Labute approximate surface area is 192 Å². The Hall–Kier alpha value is -2.16. The minimum absolute atomic E-state index is 0.298. The highest BCUT2D eigenvalue weighted by molar-refractivity contribution is 5.80. The van der Waals surface area contributed by atoms with Crippen molar-refractivity contribution >= 4 is 11.9 Å². The van der Waals surface area contributed by atoms with Crippen molar-refractivity contribution in [3.63, 3.8) is 0 Å². The average Bonchev–Trinajstić information content (AvgIpc) is 3.06. The average molecular weight is 445 g/mol.